The molecule has 0 saturated carbocycles. The van der Waals surface area contributed by atoms with Gasteiger partial charge in [0.05, 0.1) is 31.6 Å². The number of rotatable bonds is 4. The number of morpholine rings is 1. The van der Waals surface area contributed by atoms with Crippen LogP contribution in [0.1, 0.15) is 33.1 Å². The largest absolute Gasteiger partial charge is 0.501 e. The van der Waals surface area contributed by atoms with Crippen LogP contribution in [0.2, 0.25) is 0 Å². The summed E-state index contributed by atoms with van der Waals surface area (Å²) in [6, 6.07) is 0. The van der Waals surface area contributed by atoms with Gasteiger partial charge in [-0.05, 0) is 26.2 Å². The number of Topliss-reactive ketones (excluding diaryl/α,β-unsaturated/α-hetero) is 1. The molecule has 1 fully saturated rings. The number of hydrogen-bond donors (Lipinski definition) is 0. The molecule has 4 heteroatoms. The van der Waals surface area contributed by atoms with Gasteiger partial charge in [-0.25, -0.2) is 0 Å². The molecule has 0 bridgehead atoms. The molecule has 0 N–H and O–H groups in total. The molecule has 2 heterocycles. The molecule has 1 saturated heterocycles. The monoisotopic (exact) mass is 253 g/mol. The van der Waals surface area contributed by atoms with E-state index in [2.05, 4.69) is 18.7 Å². The van der Waals surface area contributed by atoms with E-state index in [0.717, 1.165) is 57.7 Å². The number of carbonyl (C=O) groups excluding carboxylic acids is 1. The molecule has 2 rings (SSSR count). The Hall–Kier alpha value is -0.870. The standard InChI is InChI=1S/C14H23NO3/c1-3-14(2,15-6-9-17-10-7-15)13(16)12-5-4-8-18-11-12/h11H,3-10H2,1-2H3. The summed E-state index contributed by atoms with van der Waals surface area (Å²) in [7, 11) is 0. The molecule has 1 atom stereocenters. The SMILES string of the molecule is CCC(C)(C(=O)C1=COCCC1)N1CCOCC1. The predicted octanol–water partition coefficient (Wildman–Crippen LogP) is 1.75. The van der Waals surface area contributed by atoms with Crippen LogP contribution >= 0.6 is 0 Å². The maximum atomic E-state index is 12.7. The lowest BCUT2D eigenvalue weighted by Gasteiger charge is -2.42. The van der Waals surface area contributed by atoms with Crippen LogP contribution in [0.4, 0.5) is 0 Å². The third-order valence-corrected chi connectivity index (χ3v) is 4.11. The van der Waals surface area contributed by atoms with Gasteiger partial charge in [0.25, 0.3) is 0 Å². The highest BCUT2D eigenvalue weighted by Crippen LogP contribution is 2.28. The molecular weight excluding hydrogens is 230 g/mol. The van der Waals surface area contributed by atoms with E-state index in [-0.39, 0.29) is 5.78 Å². The second-order valence-corrected chi connectivity index (χ2v) is 5.17. The van der Waals surface area contributed by atoms with Gasteiger partial charge >= 0.3 is 0 Å². The van der Waals surface area contributed by atoms with Gasteiger partial charge < -0.3 is 9.47 Å². The third kappa shape index (κ3) is 2.59. The number of hydrogen-bond acceptors (Lipinski definition) is 4. The molecular formula is C14H23NO3. The average molecular weight is 253 g/mol. The van der Waals surface area contributed by atoms with E-state index in [0.29, 0.717) is 0 Å². The van der Waals surface area contributed by atoms with Crippen molar-refractivity contribution in [1.82, 2.24) is 4.90 Å². The first-order chi connectivity index (χ1) is 8.68. The number of carbonyl (C=O) groups is 1. The molecule has 0 aromatic carbocycles. The van der Waals surface area contributed by atoms with E-state index in [1.807, 2.05) is 0 Å². The van der Waals surface area contributed by atoms with E-state index < -0.39 is 5.54 Å². The van der Waals surface area contributed by atoms with Crippen molar-refractivity contribution in [1.29, 1.82) is 0 Å². The van der Waals surface area contributed by atoms with Gasteiger partial charge in [0.2, 0.25) is 0 Å². The first-order valence-corrected chi connectivity index (χ1v) is 6.86. The lowest BCUT2D eigenvalue weighted by Crippen LogP contribution is -2.56. The van der Waals surface area contributed by atoms with Crippen molar-refractivity contribution in [3.05, 3.63) is 11.8 Å². The van der Waals surface area contributed by atoms with E-state index in [1.54, 1.807) is 6.26 Å². The van der Waals surface area contributed by atoms with Crippen molar-refractivity contribution < 1.29 is 14.3 Å². The van der Waals surface area contributed by atoms with Gasteiger partial charge in [0, 0.05) is 18.7 Å². The summed E-state index contributed by atoms with van der Waals surface area (Å²) in [5, 5.41) is 0. The van der Waals surface area contributed by atoms with E-state index in [4.69, 9.17) is 9.47 Å². The van der Waals surface area contributed by atoms with Crippen LogP contribution in [0.3, 0.4) is 0 Å². The van der Waals surface area contributed by atoms with Crippen LogP contribution in [0.25, 0.3) is 0 Å². The molecule has 2 aliphatic heterocycles. The fraction of sp³-hybridized carbons (Fsp3) is 0.786. The summed E-state index contributed by atoms with van der Waals surface area (Å²) < 4.78 is 10.7. The smallest absolute Gasteiger partial charge is 0.181 e. The average Bonchev–Trinajstić information content (AvgIpc) is 2.47. The fourth-order valence-corrected chi connectivity index (χ4v) is 2.66. The zero-order valence-electron chi connectivity index (χ0n) is 11.4. The van der Waals surface area contributed by atoms with Gasteiger partial charge in [-0.3, -0.25) is 9.69 Å². The molecule has 4 nitrogen and oxygen atoms in total. The third-order valence-electron chi connectivity index (χ3n) is 4.11. The van der Waals surface area contributed by atoms with Crippen LogP contribution in [0.15, 0.2) is 11.8 Å². The number of ether oxygens (including phenoxy) is 2. The highest BCUT2D eigenvalue weighted by Gasteiger charge is 2.40. The Labute approximate surface area is 109 Å². The topological polar surface area (TPSA) is 38.8 Å². The van der Waals surface area contributed by atoms with Crippen molar-refractivity contribution in [3.8, 4) is 0 Å². The first-order valence-electron chi connectivity index (χ1n) is 6.86. The quantitative estimate of drug-likeness (QED) is 0.765. The van der Waals surface area contributed by atoms with E-state index >= 15 is 0 Å². The zero-order chi connectivity index (χ0) is 13.0. The predicted molar refractivity (Wildman–Crippen MR) is 69.4 cm³/mol. The van der Waals surface area contributed by atoms with Gasteiger partial charge in [-0.1, -0.05) is 6.92 Å². The summed E-state index contributed by atoms with van der Waals surface area (Å²) in [4.78, 5) is 15.0. The summed E-state index contributed by atoms with van der Waals surface area (Å²) in [5.41, 5.74) is 0.438. The number of ketones is 1. The van der Waals surface area contributed by atoms with Gasteiger partial charge in [-0.2, -0.15) is 0 Å². The van der Waals surface area contributed by atoms with Gasteiger partial charge in [-0.15, -0.1) is 0 Å². The highest BCUT2D eigenvalue weighted by molar-refractivity contribution is 6.02. The van der Waals surface area contributed by atoms with Crippen LogP contribution in [-0.2, 0) is 14.3 Å². The summed E-state index contributed by atoms with van der Waals surface area (Å²) in [6.45, 7) is 7.98. The Morgan fingerprint density at radius 2 is 2.11 bits per heavy atom. The van der Waals surface area contributed by atoms with Crippen molar-refractivity contribution in [2.45, 2.75) is 38.6 Å². The minimum atomic E-state index is -0.406. The second-order valence-electron chi connectivity index (χ2n) is 5.17. The Kier molecular flexibility index (Phi) is 4.40. The maximum Gasteiger partial charge on any atom is 0.181 e. The molecule has 0 spiro atoms. The van der Waals surface area contributed by atoms with E-state index in [1.165, 1.54) is 0 Å². The molecule has 0 radical (unpaired) electrons. The van der Waals surface area contributed by atoms with Crippen molar-refractivity contribution in [2.75, 3.05) is 32.9 Å². The minimum Gasteiger partial charge on any atom is -0.501 e. The number of nitrogens with zero attached hydrogens (tertiary/aromatic N) is 1. The molecule has 0 aliphatic carbocycles. The maximum absolute atomic E-state index is 12.7. The molecule has 102 valence electrons. The van der Waals surface area contributed by atoms with Gasteiger partial charge in [0.15, 0.2) is 5.78 Å². The normalized spacial score (nSPS) is 24.9. The summed E-state index contributed by atoms with van der Waals surface area (Å²) in [5.74, 6) is 0.228. The Morgan fingerprint density at radius 1 is 1.39 bits per heavy atom. The van der Waals surface area contributed by atoms with Crippen LogP contribution in [0, 0.1) is 0 Å². The lowest BCUT2D eigenvalue weighted by atomic mass is 9.85. The highest BCUT2D eigenvalue weighted by atomic mass is 16.5. The Bertz CT molecular complexity index is 334. The summed E-state index contributed by atoms with van der Waals surface area (Å²) >= 11 is 0. The van der Waals surface area contributed by atoms with Crippen LogP contribution in [-0.4, -0.2) is 49.1 Å². The molecule has 0 aromatic rings. The molecule has 0 amide bonds. The first kappa shape index (κ1) is 13.6. The Morgan fingerprint density at radius 3 is 2.67 bits per heavy atom. The molecule has 2 aliphatic rings. The molecule has 1 unspecified atom stereocenters. The van der Waals surface area contributed by atoms with Crippen LogP contribution < -0.4 is 0 Å². The van der Waals surface area contributed by atoms with Crippen molar-refractivity contribution in [3.63, 3.8) is 0 Å². The fourth-order valence-electron chi connectivity index (χ4n) is 2.66. The van der Waals surface area contributed by atoms with Crippen molar-refractivity contribution in [2.24, 2.45) is 0 Å². The van der Waals surface area contributed by atoms with E-state index in [9.17, 15) is 4.79 Å². The lowest BCUT2D eigenvalue weighted by molar-refractivity contribution is -0.130. The van der Waals surface area contributed by atoms with Gasteiger partial charge in [0.1, 0.15) is 0 Å². The zero-order valence-corrected chi connectivity index (χ0v) is 11.4. The minimum absolute atomic E-state index is 0.228. The second kappa shape index (κ2) is 5.85. The van der Waals surface area contributed by atoms with Crippen molar-refractivity contribution >= 4 is 5.78 Å². The summed E-state index contributed by atoms with van der Waals surface area (Å²) in [6.07, 6.45) is 4.28. The molecule has 0 aromatic heterocycles. The van der Waals surface area contributed by atoms with Crippen LogP contribution in [0.5, 0.6) is 0 Å². The molecule has 18 heavy (non-hydrogen) atoms. The Balaban J connectivity index is 2.14.